The van der Waals surface area contributed by atoms with Gasteiger partial charge in [-0.2, -0.15) is 23.1 Å². The summed E-state index contributed by atoms with van der Waals surface area (Å²) in [5, 5.41) is 11.7. The Labute approximate surface area is 97.7 Å². The highest BCUT2D eigenvalue weighted by atomic mass is 19.4. The molecule has 0 saturated carbocycles. The molecule has 0 saturated heterocycles. The summed E-state index contributed by atoms with van der Waals surface area (Å²) in [7, 11) is 0. The Bertz CT molecular complexity index is 679. The second-order valence-corrected chi connectivity index (χ2v) is 3.24. The molecule has 0 unspecified atom stereocenters. The van der Waals surface area contributed by atoms with Crippen molar-refractivity contribution in [1.29, 1.82) is 5.26 Å². The van der Waals surface area contributed by atoms with Crippen LogP contribution in [-0.4, -0.2) is 9.78 Å². The van der Waals surface area contributed by atoms with Gasteiger partial charge < -0.3 is 4.42 Å². The molecule has 0 aliphatic rings. The molecule has 1 aromatic carbocycles. The second-order valence-electron chi connectivity index (χ2n) is 3.24. The van der Waals surface area contributed by atoms with Gasteiger partial charge in [-0.1, -0.05) is 6.07 Å². The predicted molar refractivity (Wildman–Crippen MR) is 51.8 cm³/mol. The zero-order chi connectivity index (χ0) is 13.3. The lowest BCUT2D eigenvalue weighted by Crippen LogP contribution is -2.13. The van der Waals surface area contributed by atoms with Gasteiger partial charge in [0.1, 0.15) is 0 Å². The minimum atomic E-state index is -4.84. The molecule has 0 amide bonds. The number of hydrogen-bond donors (Lipinski definition) is 0. The molecule has 0 N–H and O–H groups in total. The van der Waals surface area contributed by atoms with Crippen molar-refractivity contribution in [3.8, 4) is 11.8 Å². The zero-order valence-electron chi connectivity index (χ0n) is 8.60. The van der Waals surface area contributed by atoms with Crippen LogP contribution in [0.2, 0.25) is 0 Å². The third kappa shape index (κ3) is 2.10. The first-order valence-electron chi connectivity index (χ1n) is 4.60. The topological polar surface area (TPSA) is 71.8 Å². The van der Waals surface area contributed by atoms with E-state index in [0.29, 0.717) is 4.68 Å². The normalized spacial score (nSPS) is 11.2. The quantitative estimate of drug-likeness (QED) is 0.777. The summed E-state index contributed by atoms with van der Waals surface area (Å²) >= 11 is 0. The molecule has 2 aromatic rings. The second kappa shape index (κ2) is 4.03. The minimum Gasteiger partial charge on any atom is -0.383 e. The first kappa shape index (κ1) is 11.9. The molecule has 0 aliphatic heterocycles. The van der Waals surface area contributed by atoms with Gasteiger partial charge in [0.2, 0.25) is 0 Å². The van der Waals surface area contributed by atoms with Crippen molar-refractivity contribution in [3.63, 3.8) is 0 Å². The Morgan fingerprint density at radius 1 is 1.39 bits per heavy atom. The Balaban J connectivity index is 2.55. The van der Waals surface area contributed by atoms with Crippen LogP contribution >= 0.6 is 0 Å². The van der Waals surface area contributed by atoms with E-state index in [1.165, 1.54) is 24.3 Å². The van der Waals surface area contributed by atoms with Gasteiger partial charge in [-0.3, -0.25) is 0 Å². The summed E-state index contributed by atoms with van der Waals surface area (Å²) in [6.07, 6.45) is -4.84. The molecule has 2 rings (SSSR count). The summed E-state index contributed by atoms with van der Waals surface area (Å²) in [6, 6.07) is 7.22. The van der Waals surface area contributed by atoms with E-state index in [-0.39, 0.29) is 11.3 Å². The third-order valence-corrected chi connectivity index (χ3v) is 2.01. The Kier molecular flexibility index (Phi) is 2.67. The van der Waals surface area contributed by atoms with Gasteiger partial charge in [0.25, 0.3) is 0 Å². The molecule has 0 fully saturated rings. The molecule has 92 valence electrons. The minimum absolute atomic E-state index is 0.0262. The van der Waals surface area contributed by atoms with Gasteiger partial charge in [0.15, 0.2) is 0 Å². The van der Waals surface area contributed by atoms with Crippen LogP contribution in [0.5, 0.6) is 0 Å². The summed E-state index contributed by atoms with van der Waals surface area (Å²) in [6.45, 7) is 0. The van der Waals surface area contributed by atoms with E-state index >= 15 is 0 Å². The van der Waals surface area contributed by atoms with Crippen molar-refractivity contribution < 1.29 is 17.6 Å². The molecule has 1 heterocycles. The fourth-order valence-corrected chi connectivity index (χ4v) is 1.26. The average Bonchev–Trinajstić information content (AvgIpc) is 2.71. The summed E-state index contributed by atoms with van der Waals surface area (Å²) in [5.74, 6) is -2.90. The van der Waals surface area contributed by atoms with Crippen molar-refractivity contribution in [2.75, 3.05) is 0 Å². The van der Waals surface area contributed by atoms with E-state index in [9.17, 15) is 18.0 Å². The molecule has 0 bridgehead atoms. The maximum Gasteiger partial charge on any atom is 0.470 e. The van der Waals surface area contributed by atoms with Gasteiger partial charge in [-0.25, -0.2) is 4.79 Å². The molecular weight excluding hydrogens is 251 g/mol. The third-order valence-electron chi connectivity index (χ3n) is 2.01. The molecule has 0 aliphatic carbocycles. The van der Waals surface area contributed by atoms with E-state index in [4.69, 9.17) is 5.26 Å². The van der Waals surface area contributed by atoms with Crippen LogP contribution in [0, 0.1) is 11.3 Å². The monoisotopic (exact) mass is 255 g/mol. The van der Waals surface area contributed by atoms with Crippen LogP contribution in [0.4, 0.5) is 13.2 Å². The van der Waals surface area contributed by atoms with E-state index < -0.39 is 17.8 Å². The maximum atomic E-state index is 12.3. The van der Waals surface area contributed by atoms with Gasteiger partial charge in [0.05, 0.1) is 17.3 Å². The van der Waals surface area contributed by atoms with Crippen LogP contribution in [-0.2, 0) is 6.18 Å². The number of alkyl halides is 3. The molecule has 0 radical (unpaired) electrons. The highest BCUT2D eigenvalue weighted by Crippen LogP contribution is 2.26. The van der Waals surface area contributed by atoms with Crippen LogP contribution in [0.1, 0.15) is 11.5 Å². The summed E-state index contributed by atoms with van der Waals surface area (Å²) in [5.41, 5.74) is 0.217. The number of nitrogens with zero attached hydrogens (tertiary/aromatic N) is 3. The molecule has 5 nitrogen and oxygen atoms in total. The number of rotatable bonds is 1. The van der Waals surface area contributed by atoms with Gasteiger partial charge >= 0.3 is 17.8 Å². The van der Waals surface area contributed by atoms with Crippen molar-refractivity contribution >= 4 is 0 Å². The maximum absolute atomic E-state index is 12.3. The standard InChI is InChI=1S/C10H4F3N3O2/c11-10(12,13)8-15-16(9(17)18-8)7-3-1-2-6(4-7)5-14/h1-4H. The van der Waals surface area contributed by atoms with E-state index in [1.54, 1.807) is 6.07 Å². The molecule has 0 atom stereocenters. The van der Waals surface area contributed by atoms with E-state index in [1.807, 2.05) is 0 Å². The van der Waals surface area contributed by atoms with Gasteiger partial charge in [-0.15, -0.1) is 5.10 Å². The van der Waals surface area contributed by atoms with Crippen molar-refractivity contribution in [2.45, 2.75) is 6.18 Å². The highest BCUT2D eigenvalue weighted by Gasteiger charge is 2.38. The molecule has 0 spiro atoms. The lowest BCUT2D eigenvalue weighted by Gasteiger charge is -1.99. The lowest BCUT2D eigenvalue weighted by molar-refractivity contribution is -0.157. The van der Waals surface area contributed by atoms with Gasteiger partial charge in [-0.05, 0) is 18.2 Å². The fraction of sp³-hybridized carbons (Fsp3) is 0.100. The first-order valence-corrected chi connectivity index (χ1v) is 4.60. The van der Waals surface area contributed by atoms with Crippen LogP contribution in [0.15, 0.2) is 33.5 Å². The largest absolute Gasteiger partial charge is 0.470 e. The number of hydrogen-bond acceptors (Lipinski definition) is 4. The van der Waals surface area contributed by atoms with Crippen LogP contribution in [0.3, 0.4) is 0 Å². The van der Waals surface area contributed by atoms with Crippen molar-refractivity contribution in [2.24, 2.45) is 0 Å². The fourth-order valence-electron chi connectivity index (χ4n) is 1.26. The smallest absolute Gasteiger partial charge is 0.383 e. The molecule has 1 aromatic heterocycles. The molecule has 18 heavy (non-hydrogen) atoms. The predicted octanol–water partition coefficient (Wildman–Crippen LogP) is 1.72. The van der Waals surface area contributed by atoms with Crippen LogP contribution < -0.4 is 5.76 Å². The SMILES string of the molecule is N#Cc1cccc(-n2nc(C(F)(F)F)oc2=O)c1. The zero-order valence-corrected chi connectivity index (χ0v) is 8.60. The number of aromatic nitrogens is 2. The van der Waals surface area contributed by atoms with E-state index in [0.717, 1.165) is 0 Å². The van der Waals surface area contributed by atoms with E-state index in [2.05, 4.69) is 9.52 Å². The Hall–Kier alpha value is -2.56. The van der Waals surface area contributed by atoms with Crippen molar-refractivity contribution in [1.82, 2.24) is 9.78 Å². The lowest BCUT2D eigenvalue weighted by atomic mass is 10.2. The number of halogens is 3. The Morgan fingerprint density at radius 2 is 2.11 bits per heavy atom. The van der Waals surface area contributed by atoms with Gasteiger partial charge in [0, 0.05) is 0 Å². The van der Waals surface area contributed by atoms with Crippen molar-refractivity contribution in [3.05, 3.63) is 46.3 Å². The number of nitriles is 1. The first-order chi connectivity index (χ1) is 8.41. The number of benzene rings is 1. The summed E-state index contributed by atoms with van der Waals surface area (Å²) < 4.78 is 41.3. The molecular formula is C10H4F3N3O2. The Morgan fingerprint density at radius 3 is 2.67 bits per heavy atom. The highest BCUT2D eigenvalue weighted by molar-refractivity contribution is 5.40. The molecule has 8 heteroatoms. The average molecular weight is 255 g/mol. The van der Waals surface area contributed by atoms with Crippen LogP contribution in [0.25, 0.3) is 5.69 Å². The summed E-state index contributed by atoms with van der Waals surface area (Å²) in [4.78, 5) is 11.2.